The van der Waals surface area contributed by atoms with E-state index in [2.05, 4.69) is 26.6 Å². The molecule has 0 fully saturated rings. The number of halogens is 1. The molecule has 0 saturated carbocycles. The SMILES string of the molecule is NCCCNC(=O)c1ccc(CNC(=O)c2ccc(Br)o2)cc1. The van der Waals surface area contributed by atoms with Crippen molar-refractivity contribution in [3.8, 4) is 0 Å². The number of benzene rings is 1. The first-order valence-electron chi connectivity index (χ1n) is 7.21. The van der Waals surface area contributed by atoms with Gasteiger partial charge in [0, 0.05) is 18.7 Å². The predicted molar refractivity (Wildman–Crippen MR) is 90.0 cm³/mol. The van der Waals surface area contributed by atoms with Crippen molar-refractivity contribution in [3.05, 3.63) is 58.0 Å². The van der Waals surface area contributed by atoms with Crippen LogP contribution >= 0.6 is 15.9 Å². The van der Waals surface area contributed by atoms with E-state index in [1.165, 1.54) is 0 Å². The molecule has 0 saturated heterocycles. The molecule has 6 nitrogen and oxygen atoms in total. The Kier molecular flexibility index (Phi) is 6.37. The molecule has 1 aromatic heterocycles. The highest BCUT2D eigenvalue weighted by molar-refractivity contribution is 9.10. The van der Waals surface area contributed by atoms with Gasteiger partial charge in [-0.2, -0.15) is 0 Å². The second kappa shape index (κ2) is 8.50. The highest BCUT2D eigenvalue weighted by atomic mass is 79.9. The molecule has 23 heavy (non-hydrogen) atoms. The third-order valence-electron chi connectivity index (χ3n) is 3.13. The molecule has 0 aliphatic carbocycles. The number of nitrogens with two attached hydrogens (primary N) is 1. The summed E-state index contributed by atoms with van der Waals surface area (Å²) in [5.74, 6) is -0.179. The van der Waals surface area contributed by atoms with Crippen LogP contribution in [0, 0.1) is 0 Å². The van der Waals surface area contributed by atoms with E-state index in [-0.39, 0.29) is 17.6 Å². The Balaban J connectivity index is 1.85. The van der Waals surface area contributed by atoms with Crippen molar-refractivity contribution < 1.29 is 14.0 Å². The van der Waals surface area contributed by atoms with Gasteiger partial charge in [-0.05, 0) is 58.7 Å². The summed E-state index contributed by atoms with van der Waals surface area (Å²) < 4.78 is 5.68. The summed E-state index contributed by atoms with van der Waals surface area (Å²) >= 11 is 3.15. The van der Waals surface area contributed by atoms with Crippen LogP contribution < -0.4 is 16.4 Å². The van der Waals surface area contributed by atoms with Crippen LogP contribution in [0.5, 0.6) is 0 Å². The topological polar surface area (TPSA) is 97.4 Å². The number of rotatable bonds is 7. The number of hydrogen-bond acceptors (Lipinski definition) is 4. The molecule has 7 heteroatoms. The van der Waals surface area contributed by atoms with Crippen LogP contribution in [0.3, 0.4) is 0 Å². The van der Waals surface area contributed by atoms with E-state index in [4.69, 9.17) is 10.2 Å². The lowest BCUT2D eigenvalue weighted by atomic mass is 10.1. The molecule has 4 N–H and O–H groups in total. The smallest absolute Gasteiger partial charge is 0.287 e. The van der Waals surface area contributed by atoms with Gasteiger partial charge >= 0.3 is 0 Å². The lowest BCUT2D eigenvalue weighted by Crippen LogP contribution is -2.26. The number of hydrogen-bond donors (Lipinski definition) is 3. The minimum Gasteiger partial charge on any atom is -0.444 e. The number of carbonyl (C=O) groups excluding carboxylic acids is 2. The standard InChI is InChI=1S/C16H18BrN3O3/c17-14-7-6-13(23-14)16(22)20-10-11-2-4-12(5-3-11)15(21)19-9-1-8-18/h2-7H,1,8-10,18H2,(H,19,21)(H,20,22). The minimum atomic E-state index is -0.292. The molecule has 0 atom stereocenters. The molecule has 2 aromatic rings. The zero-order valence-electron chi connectivity index (χ0n) is 12.5. The van der Waals surface area contributed by atoms with E-state index in [1.807, 2.05) is 0 Å². The summed E-state index contributed by atoms with van der Waals surface area (Å²) in [7, 11) is 0. The van der Waals surface area contributed by atoms with Gasteiger partial charge in [-0.3, -0.25) is 9.59 Å². The Morgan fingerprint density at radius 3 is 2.39 bits per heavy atom. The van der Waals surface area contributed by atoms with E-state index in [9.17, 15) is 9.59 Å². The first kappa shape index (κ1) is 17.2. The van der Waals surface area contributed by atoms with Gasteiger partial charge in [0.1, 0.15) is 0 Å². The summed E-state index contributed by atoms with van der Waals surface area (Å²) in [5, 5.41) is 5.54. The summed E-state index contributed by atoms with van der Waals surface area (Å²) in [6.07, 6.45) is 0.749. The first-order chi connectivity index (χ1) is 11.1. The highest BCUT2D eigenvalue weighted by Crippen LogP contribution is 2.14. The van der Waals surface area contributed by atoms with Crippen LogP contribution in [-0.2, 0) is 6.54 Å². The number of carbonyl (C=O) groups is 2. The van der Waals surface area contributed by atoms with Gasteiger partial charge in [0.15, 0.2) is 10.4 Å². The van der Waals surface area contributed by atoms with Gasteiger partial charge in [-0.25, -0.2) is 0 Å². The second-order valence-electron chi connectivity index (χ2n) is 4.88. The average molecular weight is 380 g/mol. The molecule has 0 aliphatic heterocycles. The molecule has 1 aromatic carbocycles. The Morgan fingerprint density at radius 1 is 1.04 bits per heavy atom. The van der Waals surface area contributed by atoms with Gasteiger partial charge in [-0.15, -0.1) is 0 Å². The molecular formula is C16H18BrN3O3. The van der Waals surface area contributed by atoms with Crippen molar-refractivity contribution >= 4 is 27.7 Å². The molecule has 1 heterocycles. The third-order valence-corrected chi connectivity index (χ3v) is 3.56. The fourth-order valence-corrected chi connectivity index (χ4v) is 2.19. The van der Waals surface area contributed by atoms with E-state index < -0.39 is 0 Å². The lowest BCUT2D eigenvalue weighted by Gasteiger charge is -2.06. The molecule has 0 aliphatic rings. The van der Waals surface area contributed by atoms with E-state index in [1.54, 1.807) is 36.4 Å². The summed E-state index contributed by atoms with van der Waals surface area (Å²) in [5.41, 5.74) is 6.85. The van der Waals surface area contributed by atoms with Gasteiger partial charge in [-0.1, -0.05) is 12.1 Å². The largest absolute Gasteiger partial charge is 0.444 e. The lowest BCUT2D eigenvalue weighted by molar-refractivity contribution is 0.0919. The van der Waals surface area contributed by atoms with E-state index >= 15 is 0 Å². The maximum Gasteiger partial charge on any atom is 0.287 e. The van der Waals surface area contributed by atoms with Crippen LogP contribution in [0.1, 0.15) is 32.9 Å². The molecule has 2 rings (SSSR count). The van der Waals surface area contributed by atoms with Crippen molar-refractivity contribution in [2.75, 3.05) is 13.1 Å². The Hall–Kier alpha value is -2.12. The minimum absolute atomic E-state index is 0.130. The number of amides is 2. The maximum absolute atomic E-state index is 11.9. The zero-order chi connectivity index (χ0) is 16.7. The van der Waals surface area contributed by atoms with Gasteiger partial charge < -0.3 is 20.8 Å². The van der Waals surface area contributed by atoms with Crippen molar-refractivity contribution in [1.29, 1.82) is 0 Å². The predicted octanol–water partition coefficient (Wildman–Crippen LogP) is 2.05. The van der Waals surface area contributed by atoms with Crippen LogP contribution in [0.4, 0.5) is 0 Å². The number of furan rings is 1. The van der Waals surface area contributed by atoms with Gasteiger partial charge in [0.25, 0.3) is 11.8 Å². The fourth-order valence-electron chi connectivity index (χ4n) is 1.89. The maximum atomic E-state index is 11.9. The zero-order valence-corrected chi connectivity index (χ0v) is 14.1. The fraction of sp³-hybridized carbons (Fsp3) is 0.250. The Labute approximate surface area is 142 Å². The molecule has 2 amide bonds. The molecule has 0 spiro atoms. The van der Waals surface area contributed by atoms with Crippen LogP contribution in [-0.4, -0.2) is 24.9 Å². The van der Waals surface area contributed by atoms with E-state index in [0.29, 0.717) is 29.9 Å². The molecule has 0 unspecified atom stereocenters. The van der Waals surface area contributed by atoms with E-state index in [0.717, 1.165) is 12.0 Å². The van der Waals surface area contributed by atoms with Crippen LogP contribution in [0.15, 0.2) is 45.5 Å². The molecule has 0 bridgehead atoms. The van der Waals surface area contributed by atoms with Crippen molar-refractivity contribution in [1.82, 2.24) is 10.6 Å². The van der Waals surface area contributed by atoms with Gasteiger partial charge in [0.05, 0.1) is 0 Å². The highest BCUT2D eigenvalue weighted by Gasteiger charge is 2.10. The van der Waals surface area contributed by atoms with Crippen LogP contribution in [0.2, 0.25) is 0 Å². The Bertz CT molecular complexity index is 667. The molecular weight excluding hydrogens is 362 g/mol. The second-order valence-corrected chi connectivity index (χ2v) is 5.66. The first-order valence-corrected chi connectivity index (χ1v) is 8.00. The summed E-state index contributed by atoms with van der Waals surface area (Å²) in [4.78, 5) is 23.7. The van der Waals surface area contributed by atoms with Crippen molar-refractivity contribution in [2.45, 2.75) is 13.0 Å². The van der Waals surface area contributed by atoms with Crippen molar-refractivity contribution in [2.24, 2.45) is 5.73 Å². The third kappa shape index (κ3) is 5.22. The summed E-state index contributed by atoms with van der Waals surface area (Å²) in [6, 6.07) is 10.3. The monoisotopic (exact) mass is 379 g/mol. The number of nitrogens with one attached hydrogen (secondary N) is 2. The molecule has 122 valence electrons. The van der Waals surface area contributed by atoms with Crippen LogP contribution in [0.25, 0.3) is 0 Å². The molecule has 0 radical (unpaired) electrons. The Morgan fingerprint density at radius 2 is 1.78 bits per heavy atom. The average Bonchev–Trinajstić information content (AvgIpc) is 3.00. The van der Waals surface area contributed by atoms with Crippen molar-refractivity contribution in [3.63, 3.8) is 0 Å². The van der Waals surface area contributed by atoms with Gasteiger partial charge in [0.2, 0.25) is 0 Å². The normalized spacial score (nSPS) is 10.3. The summed E-state index contributed by atoms with van der Waals surface area (Å²) in [6.45, 7) is 1.46. The quantitative estimate of drug-likeness (QED) is 0.641.